The van der Waals surface area contributed by atoms with E-state index >= 15 is 0 Å². The number of carbonyl (C=O) groups excluding carboxylic acids is 1. The monoisotopic (exact) mass is 271 g/mol. The topological polar surface area (TPSA) is 75.6 Å². The van der Waals surface area contributed by atoms with Gasteiger partial charge in [-0.05, 0) is 31.6 Å². The molecule has 1 amide bonds. The van der Waals surface area contributed by atoms with E-state index in [1.54, 1.807) is 0 Å². The summed E-state index contributed by atoms with van der Waals surface area (Å²) in [6, 6.07) is 0. The van der Waals surface area contributed by atoms with E-state index in [2.05, 4.69) is 12.2 Å². The van der Waals surface area contributed by atoms with Gasteiger partial charge >= 0.3 is 5.97 Å². The lowest BCUT2D eigenvalue weighted by molar-refractivity contribution is -0.137. The Bertz CT molecular complexity index is 287. The number of hydrogen-bond acceptors (Lipinski definition) is 3. The average Bonchev–Trinajstić information content (AvgIpc) is 2.43. The summed E-state index contributed by atoms with van der Waals surface area (Å²) in [5.41, 5.74) is 0. The molecule has 0 radical (unpaired) electrons. The fourth-order valence-electron chi connectivity index (χ4n) is 2.38. The summed E-state index contributed by atoms with van der Waals surface area (Å²) in [6.45, 7) is 4.06. The van der Waals surface area contributed by atoms with Crippen LogP contribution >= 0.6 is 0 Å². The van der Waals surface area contributed by atoms with Crippen molar-refractivity contribution in [1.29, 1.82) is 0 Å². The van der Waals surface area contributed by atoms with E-state index in [-0.39, 0.29) is 18.2 Å². The average molecular weight is 271 g/mol. The molecule has 1 saturated heterocycles. The third-order valence-electron chi connectivity index (χ3n) is 3.79. The standard InChI is InChI=1S/C14H25NO4/c1-2-11(3-4-13(16)17)5-8-15-14(18)12-6-9-19-10-7-12/h11-12H,2-10H2,1H3,(H,15,18)(H,16,17). The van der Waals surface area contributed by atoms with Gasteiger partial charge in [-0.1, -0.05) is 13.3 Å². The molecule has 1 atom stereocenters. The van der Waals surface area contributed by atoms with Gasteiger partial charge in [0.25, 0.3) is 0 Å². The summed E-state index contributed by atoms with van der Waals surface area (Å²) >= 11 is 0. The number of ether oxygens (including phenoxy) is 1. The smallest absolute Gasteiger partial charge is 0.303 e. The number of carboxylic acids is 1. The number of carbonyl (C=O) groups is 2. The minimum atomic E-state index is -0.746. The van der Waals surface area contributed by atoms with E-state index in [1.165, 1.54) is 0 Å². The fraction of sp³-hybridized carbons (Fsp3) is 0.857. The number of hydrogen-bond donors (Lipinski definition) is 2. The maximum absolute atomic E-state index is 11.9. The predicted octanol–water partition coefficient (Wildman–Crippen LogP) is 1.81. The third-order valence-corrected chi connectivity index (χ3v) is 3.79. The lowest BCUT2D eigenvalue weighted by Crippen LogP contribution is -2.35. The number of nitrogens with one attached hydrogen (secondary N) is 1. The molecule has 5 nitrogen and oxygen atoms in total. The summed E-state index contributed by atoms with van der Waals surface area (Å²) in [4.78, 5) is 22.4. The third kappa shape index (κ3) is 6.57. The number of rotatable bonds is 8. The lowest BCUT2D eigenvalue weighted by atomic mass is 9.96. The molecule has 0 bridgehead atoms. The molecule has 0 saturated carbocycles. The molecule has 1 heterocycles. The summed E-state index contributed by atoms with van der Waals surface area (Å²) in [7, 11) is 0. The van der Waals surface area contributed by atoms with Gasteiger partial charge in [-0.3, -0.25) is 9.59 Å². The van der Waals surface area contributed by atoms with Crippen LogP contribution in [0, 0.1) is 11.8 Å². The zero-order chi connectivity index (χ0) is 14.1. The van der Waals surface area contributed by atoms with Gasteiger partial charge < -0.3 is 15.2 Å². The molecule has 0 spiro atoms. The van der Waals surface area contributed by atoms with E-state index in [1.807, 2.05) is 0 Å². The Morgan fingerprint density at radius 3 is 2.58 bits per heavy atom. The van der Waals surface area contributed by atoms with Crippen LogP contribution in [0.4, 0.5) is 0 Å². The summed E-state index contributed by atoms with van der Waals surface area (Å²) in [5, 5.41) is 11.6. The molecule has 1 rings (SSSR count). The Hall–Kier alpha value is -1.10. The Morgan fingerprint density at radius 2 is 2.00 bits per heavy atom. The fourth-order valence-corrected chi connectivity index (χ4v) is 2.38. The van der Waals surface area contributed by atoms with Gasteiger partial charge in [0.2, 0.25) is 5.91 Å². The second-order valence-electron chi connectivity index (χ2n) is 5.17. The normalized spacial score (nSPS) is 17.9. The minimum absolute atomic E-state index is 0.0906. The van der Waals surface area contributed by atoms with Crippen LogP contribution in [-0.4, -0.2) is 36.7 Å². The number of aliphatic carboxylic acids is 1. The molecule has 19 heavy (non-hydrogen) atoms. The first-order chi connectivity index (χ1) is 9.13. The van der Waals surface area contributed by atoms with Crippen molar-refractivity contribution in [1.82, 2.24) is 5.32 Å². The molecule has 1 aliphatic rings. The van der Waals surface area contributed by atoms with Gasteiger partial charge in [0.05, 0.1) is 0 Å². The second kappa shape index (κ2) is 8.91. The van der Waals surface area contributed by atoms with Crippen molar-refractivity contribution in [3.8, 4) is 0 Å². The number of carboxylic acid groups (broad SMARTS) is 1. The van der Waals surface area contributed by atoms with E-state index in [0.29, 0.717) is 32.1 Å². The van der Waals surface area contributed by atoms with Crippen LogP contribution in [-0.2, 0) is 14.3 Å². The Balaban J connectivity index is 2.16. The van der Waals surface area contributed by atoms with Crippen LogP contribution in [0.15, 0.2) is 0 Å². The van der Waals surface area contributed by atoms with Crippen LogP contribution in [0.1, 0.15) is 45.4 Å². The van der Waals surface area contributed by atoms with E-state index in [0.717, 1.165) is 25.7 Å². The highest BCUT2D eigenvalue weighted by molar-refractivity contribution is 5.78. The maximum Gasteiger partial charge on any atom is 0.303 e. The van der Waals surface area contributed by atoms with Crippen LogP contribution in [0.25, 0.3) is 0 Å². The predicted molar refractivity (Wildman–Crippen MR) is 71.8 cm³/mol. The maximum atomic E-state index is 11.9. The SMILES string of the molecule is CCC(CCNC(=O)C1CCOCC1)CCC(=O)O. The molecule has 0 aromatic carbocycles. The molecule has 1 fully saturated rings. The summed E-state index contributed by atoms with van der Waals surface area (Å²) < 4.78 is 5.23. The van der Waals surface area contributed by atoms with Crippen molar-refractivity contribution in [2.24, 2.45) is 11.8 Å². The van der Waals surface area contributed by atoms with Gasteiger partial charge in [-0.25, -0.2) is 0 Å². The van der Waals surface area contributed by atoms with Gasteiger partial charge in [0.15, 0.2) is 0 Å². The molecular formula is C14H25NO4. The largest absolute Gasteiger partial charge is 0.481 e. The van der Waals surface area contributed by atoms with Crippen molar-refractivity contribution < 1.29 is 19.4 Å². The first kappa shape index (κ1) is 16.0. The molecule has 110 valence electrons. The quantitative estimate of drug-likeness (QED) is 0.706. The molecule has 1 aliphatic heterocycles. The minimum Gasteiger partial charge on any atom is -0.481 e. The zero-order valence-electron chi connectivity index (χ0n) is 11.7. The molecule has 5 heteroatoms. The van der Waals surface area contributed by atoms with Gasteiger partial charge in [0.1, 0.15) is 0 Å². The van der Waals surface area contributed by atoms with Crippen LogP contribution < -0.4 is 5.32 Å². The van der Waals surface area contributed by atoms with Crippen molar-refractivity contribution >= 4 is 11.9 Å². The Morgan fingerprint density at radius 1 is 1.32 bits per heavy atom. The van der Waals surface area contributed by atoms with Crippen molar-refractivity contribution in [3.05, 3.63) is 0 Å². The molecule has 1 unspecified atom stereocenters. The second-order valence-corrected chi connectivity index (χ2v) is 5.17. The van der Waals surface area contributed by atoms with E-state index in [9.17, 15) is 9.59 Å². The first-order valence-corrected chi connectivity index (χ1v) is 7.20. The molecular weight excluding hydrogens is 246 g/mol. The van der Waals surface area contributed by atoms with Gasteiger partial charge in [0, 0.05) is 32.1 Å². The van der Waals surface area contributed by atoms with Gasteiger partial charge in [-0.2, -0.15) is 0 Å². The Labute approximate surface area is 114 Å². The summed E-state index contributed by atoms with van der Waals surface area (Å²) in [5.74, 6) is -0.153. The summed E-state index contributed by atoms with van der Waals surface area (Å²) in [6.07, 6.45) is 4.34. The highest BCUT2D eigenvalue weighted by Crippen LogP contribution is 2.16. The highest BCUT2D eigenvalue weighted by Gasteiger charge is 2.21. The molecule has 0 aromatic rings. The van der Waals surface area contributed by atoms with E-state index in [4.69, 9.17) is 9.84 Å². The molecule has 0 aromatic heterocycles. The van der Waals surface area contributed by atoms with Gasteiger partial charge in [-0.15, -0.1) is 0 Å². The van der Waals surface area contributed by atoms with Crippen LogP contribution in [0.3, 0.4) is 0 Å². The van der Waals surface area contributed by atoms with Crippen molar-refractivity contribution in [2.45, 2.75) is 45.4 Å². The highest BCUT2D eigenvalue weighted by atomic mass is 16.5. The molecule has 2 N–H and O–H groups in total. The number of amides is 1. The first-order valence-electron chi connectivity index (χ1n) is 7.20. The van der Waals surface area contributed by atoms with Crippen molar-refractivity contribution in [2.75, 3.05) is 19.8 Å². The van der Waals surface area contributed by atoms with Crippen molar-refractivity contribution in [3.63, 3.8) is 0 Å². The Kier molecular flexibility index (Phi) is 7.48. The zero-order valence-corrected chi connectivity index (χ0v) is 11.7. The van der Waals surface area contributed by atoms with E-state index < -0.39 is 5.97 Å². The van der Waals surface area contributed by atoms with Crippen LogP contribution in [0.5, 0.6) is 0 Å². The molecule has 0 aliphatic carbocycles. The lowest BCUT2D eigenvalue weighted by Gasteiger charge is -2.22. The van der Waals surface area contributed by atoms with Crippen LogP contribution in [0.2, 0.25) is 0 Å².